The number of hydrazine groups is 1. The van der Waals surface area contributed by atoms with E-state index in [4.69, 9.17) is 5.73 Å². The van der Waals surface area contributed by atoms with Crippen LogP contribution in [0.25, 0.3) is 10.9 Å². The highest BCUT2D eigenvalue weighted by Crippen LogP contribution is 2.25. The summed E-state index contributed by atoms with van der Waals surface area (Å²) in [6.07, 6.45) is 1.78. The van der Waals surface area contributed by atoms with Crippen molar-refractivity contribution in [3.05, 3.63) is 18.3 Å². The van der Waals surface area contributed by atoms with Gasteiger partial charge < -0.3 is 16.1 Å². The second kappa shape index (κ2) is 4.47. The van der Waals surface area contributed by atoms with E-state index in [1.165, 1.54) is 0 Å². The molecule has 1 fully saturated rings. The zero-order chi connectivity index (χ0) is 12.5. The number of nitrogens with one attached hydrogen (secondary N) is 2. The van der Waals surface area contributed by atoms with Crippen LogP contribution in [0.15, 0.2) is 18.3 Å². The number of nitrogens with zero attached hydrogens (tertiary/aromatic N) is 3. The van der Waals surface area contributed by atoms with Gasteiger partial charge in [-0.1, -0.05) is 0 Å². The predicted octanol–water partition coefficient (Wildman–Crippen LogP) is 0.719. The lowest BCUT2D eigenvalue weighted by Crippen LogP contribution is -2.47. The molecule has 0 aliphatic carbocycles. The SMILES string of the molecule is CN1CCN(Nc2cc3[nH]ncc3cc2N)CC1. The van der Waals surface area contributed by atoms with Gasteiger partial charge in [0.25, 0.3) is 0 Å². The Labute approximate surface area is 106 Å². The quantitative estimate of drug-likeness (QED) is 0.681. The van der Waals surface area contributed by atoms with E-state index in [9.17, 15) is 0 Å². The minimum atomic E-state index is 0.753. The summed E-state index contributed by atoms with van der Waals surface area (Å²) < 4.78 is 0. The first-order chi connectivity index (χ1) is 8.72. The minimum absolute atomic E-state index is 0.753. The lowest BCUT2D eigenvalue weighted by Gasteiger charge is -2.33. The van der Waals surface area contributed by atoms with Gasteiger partial charge in [-0.2, -0.15) is 5.10 Å². The zero-order valence-corrected chi connectivity index (χ0v) is 10.5. The summed E-state index contributed by atoms with van der Waals surface area (Å²) in [5.41, 5.74) is 12.1. The molecular formula is C12H18N6. The van der Waals surface area contributed by atoms with Gasteiger partial charge in [-0.25, -0.2) is 5.01 Å². The lowest BCUT2D eigenvalue weighted by molar-refractivity contribution is 0.179. The number of fused-ring (bicyclic) bond motifs is 1. The Hall–Kier alpha value is -1.79. The Balaban J connectivity index is 1.79. The molecule has 0 unspecified atom stereocenters. The Morgan fingerprint density at radius 3 is 2.83 bits per heavy atom. The molecule has 1 aromatic heterocycles. The van der Waals surface area contributed by atoms with Crippen LogP contribution in [0.3, 0.4) is 0 Å². The van der Waals surface area contributed by atoms with Gasteiger partial charge in [0.1, 0.15) is 0 Å². The number of aromatic nitrogens is 2. The van der Waals surface area contributed by atoms with Crippen LogP contribution in [-0.2, 0) is 0 Å². The highest BCUT2D eigenvalue weighted by atomic mass is 15.5. The number of anilines is 2. The van der Waals surface area contributed by atoms with Gasteiger partial charge in [-0.15, -0.1) is 0 Å². The molecular weight excluding hydrogens is 228 g/mol. The van der Waals surface area contributed by atoms with E-state index >= 15 is 0 Å². The van der Waals surface area contributed by atoms with E-state index in [1.807, 2.05) is 12.1 Å². The Kier molecular flexibility index (Phi) is 2.81. The van der Waals surface area contributed by atoms with Crippen molar-refractivity contribution >= 4 is 22.3 Å². The fraction of sp³-hybridized carbons (Fsp3) is 0.417. The second-order valence-corrected chi connectivity index (χ2v) is 4.80. The molecule has 0 saturated carbocycles. The van der Waals surface area contributed by atoms with Crippen molar-refractivity contribution in [1.82, 2.24) is 20.1 Å². The van der Waals surface area contributed by atoms with E-state index in [0.717, 1.165) is 48.5 Å². The number of rotatable bonds is 2. The van der Waals surface area contributed by atoms with E-state index < -0.39 is 0 Å². The molecule has 18 heavy (non-hydrogen) atoms. The first kappa shape index (κ1) is 11.3. The summed E-state index contributed by atoms with van der Waals surface area (Å²) in [7, 11) is 2.14. The highest BCUT2D eigenvalue weighted by Gasteiger charge is 2.14. The van der Waals surface area contributed by atoms with Crippen LogP contribution in [-0.4, -0.2) is 53.3 Å². The highest BCUT2D eigenvalue weighted by molar-refractivity contribution is 5.88. The number of likely N-dealkylation sites (N-methyl/N-ethyl adjacent to an activating group) is 1. The monoisotopic (exact) mass is 246 g/mol. The number of aromatic amines is 1. The molecule has 0 radical (unpaired) electrons. The number of nitrogen functional groups attached to an aromatic ring is 1. The predicted molar refractivity (Wildman–Crippen MR) is 73.2 cm³/mol. The molecule has 2 aromatic rings. The maximum absolute atomic E-state index is 6.05. The molecule has 0 amide bonds. The van der Waals surface area contributed by atoms with Crippen molar-refractivity contribution in [3.8, 4) is 0 Å². The van der Waals surface area contributed by atoms with Gasteiger partial charge in [0, 0.05) is 31.6 Å². The maximum atomic E-state index is 6.05. The van der Waals surface area contributed by atoms with Gasteiger partial charge in [0.05, 0.1) is 23.1 Å². The van der Waals surface area contributed by atoms with Gasteiger partial charge in [0.2, 0.25) is 0 Å². The average molecular weight is 246 g/mol. The number of nitrogens with two attached hydrogens (primary N) is 1. The van der Waals surface area contributed by atoms with Gasteiger partial charge in [0.15, 0.2) is 0 Å². The van der Waals surface area contributed by atoms with Crippen LogP contribution in [0.4, 0.5) is 11.4 Å². The average Bonchev–Trinajstić information content (AvgIpc) is 2.79. The third kappa shape index (κ3) is 2.12. The Bertz CT molecular complexity index is 540. The molecule has 1 aromatic carbocycles. The van der Waals surface area contributed by atoms with Crippen LogP contribution in [0, 0.1) is 0 Å². The van der Waals surface area contributed by atoms with Crippen molar-refractivity contribution in [2.75, 3.05) is 44.4 Å². The van der Waals surface area contributed by atoms with Crippen LogP contribution < -0.4 is 11.2 Å². The van der Waals surface area contributed by atoms with Crippen molar-refractivity contribution in [3.63, 3.8) is 0 Å². The number of H-pyrrole nitrogens is 1. The molecule has 6 heteroatoms. The minimum Gasteiger partial charge on any atom is -0.397 e. The summed E-state index contributed by atoms with van der Waals surface area (Å²) in [4.78, 5) is 2.32. The Morgan fingerprint density at radius 1 is 1.28 bits per heavy atom. The van der Waals surface area contributed by atoms with E-state index in [1.54, 1.807) is 6.20 Å². The Morgan fingerprint density at radius 2 is 2.06 bits per heavy atom. The summed E-state index contributed by atoms with van der Waals surface area (Å²) >= 11 is 0. The molecule has 2 heterocycles. The molecule has 96 valence electrons. The largest absolute Gasteiger partial charge is 0.397 e. The van der Waals surface area contributed by atoms with Crippen LogP contribution in [0.5, 0.6) is 0 Å². The van der Waals surface area contributed by atoms with Crippen molar-refractivity contribution in [1.29, 1.82) is 0 Å². The molecule has 0 spiro atoms. The van der Waals surface area contributed by atoms with E-state index in [2.05, 4.69) is 32.6 Å². The molecule has 4 N–H and O–H groups in total. The lowest BCUT2D eigenvalue weighted by atomic mass is 10.2. The van der Waals surface area contributed by atoms with Gasteiger partial charge in [-0.3, -0.25) is 5.10 Å². The van der Waals surface area contributed by atoms with Gasteiger partial charge >= 0.3 is 0 Å². The van der Waals surface area contributed by atoms with Crippen molar-refractivity contribution in [2.45, 2.75) is 0 Å². The fourth-order valence-corrected chi connectivity index (χ4v) is 2.19. The third-order valence-corrected chi connectivity index (χ3v) is 3.39. The van der Waals surface area contributed by atoms with Crippen molar-refractivity contribution < 1.29 is 0 Å². The summed E-state index contributed by atoms with van der Waals surface area (Å²) in [5, 5.41) is 10.2. The summed E-state index contributed by atoms with van der Waals surface area (Å²) in [6, 6.07) is 3.95. The molecule has 0 bridgehead atoms. The van der Waals surface area contributed by atoms with Crippen molar-refractivity contribution in [2.24, 2.45) is 0 Å². The topological polar surface area (TPSA) is 73.2 Å². The molecule has 1 aliphatic rings. The zero-order valence-electron chi connectivity index (χ0n) is 10.5. The normalized spacial score (nSPS) is 18.3. The first-order valence-electron chi connectivity index (χ1n) is 6.15. The molecule has 6 nitrogen and oxygen atoms in total. The molecule has 1 aliphatic heterocycles. The number of piperazine rings is 1. The molecule has 1 saturated heterocycles. The number of benzene rings is 1. The van der Waals surface area contributed by atoms with Crippen LogP contribution in [0.2, 0.25) is 0 Å². The number of hydrogen-bond acceptors (Lipinski definition) is 5. The molecule has 3 rings (SSSR count). The van der Waals surface area contributed by atoms with E-state index in [0.29, 0.717) is 0 Å². The number of hydrogen-bond donors (Lipinski definition) is 3. The van der Waals surface area contributed by atoms with Gasteiger partial charge in [-0.05, 0) is 19.2 Å². The maximum Gasteiger partial charge on any atom is 0.0741 e. The van der Waals surface area contributed by atoms with Crippen LogP contribution >= 0.6 is 0 Å². The third-order valence-electron chi connectivity index (χ3n) is 3.39. The summed E-state index contributed by atoms with van der Waals surface area (Å²) in [5.74, 6) is 0. The van der Waals surface area contributed by atoms with E-state index in [-0.39, 0.29) is 0 Å². The summed E-state index contributed by atoms with van der Waals surface area (Å²) in [6.45, 7) is 4.13. The fourth-order valence-electron chi connectivity index (χ4n) is 2.19. The smallest absolute Gasteiger partial charge is 0.0741 e. The standard InChI is InChI=1S/C12H18N6/c1-17-2-4-18(5-3-17)16-12-7-11-9(6-10(12)13)8-14-15-11/h6-8,16H,2-5,13H2,1H3,(H,14,15). The molecule has 0 atom stereocenters. The first-order valence-corrected chi connectivity index (χ1v) is 6.15. The van der Waals surface area contributed by atoms with Crippen LogP contribution in [0.1, 0.15) is 0 Å². The second-order valence-electron chi connectivity index (χ2n) is 4.80.